The number of rotatable bonds is 7. The zero-order valence-corrected chi connectivity index (χ0v) is 13.3. The van der Waals surface area contributed by atoms with Crippen LogP contribution in [0.15, 0.2) is 30.3 Å². The van der Waals surface area contributed by atoms with E-state index in [1.807, 2.05) is 38.1 Å². The third-order valence-electron chi connectivity index (χ3n) is 3.23. The minimum absolute atomic E-state index is 0.317. The molecule has 1 heterocycles. The lowest BCUT2D eigenvalue weighted by atomic mass is 10.1. The van der Waals surface area contributed by atoms with Crippen LogP contribution in [-0.2, 0) is 17.6 Å². The van der Waals surface area contributed by atoms with Crippen LogP contribution in [0.5, 0.6) is 5.75 Å². The van der Waals surface area contributed by atoms with E-state index < -0.39 is 0 Å². The van der Waals surface area contributed by atoms with Crippen molar-refractivity contribution in [2.45, 2.75) is 26.7 Å². The van der Waals surface area contributed by atoms with Crippen LogP contribution >= 0.6 is 0 Å². The Morgan fingerprint density at radius 3 is 2.59 bits per heavy atom. The van der Waals surface area contributed by atoms with E-state index in [4.69, 9.17) is 9.47 Å². The maximum atomic E-state index is 11.8. The summed E-state index contributed by atoms with van der Waals surface area (Å²) in [6.07, 6.45) is 1.66. The molecule has 0 atom stereocenters. The van der Waals surface area contributed by atoms with Crippen LogP contribution < -0.4 is 4.74 Å². The van der Waals surface area contributed by atoms with Gasteiger partial charge >= 0.3 is 5.97 Å². The molecule has 0 aliphatic heterocycles. The average Bonchev–Trinajstić information content (AvgIpc) is 3.00. The first kappa shape index (κ1) is 16.1. The number of hydrogen-bond donors (Lipinski definition) is 1. The lowest BCUT2D eigenvalue weighted by molar-refractivity contribution is 0.0452. The molecule has 0 aliphatic carbocycles. The van der Waals surface area contributed by atoms with Gasteiger partial charge in [-0.2, -0.15) is 5.10 Å². The molecule has 0 bridgehead atoms. The minimum atomic E-state index is -0.374. The maximum Gasteiger partial charge on any atom is 0.358 e. The van der Waals surface area contributed by atoms with Crippen LogP contribution in [0.2, 0.25) is 0 Å². The summed E-state index contributed by atoms with van der Waals surface area (Å²) in [6.45, 7) is 4.41. The third-order valence-corrected chi connectivity index (χ3v) is 3.23. The van der Waals surface area contributed by atoms with Crippen molar-refractivity contribution >= 4 is 5.97 Å². The SMILES string of the molecule is COc1ccc(CCc2cc(C(=O)OCC(C)C)n[nH]2)cc1. The predicted octanol–water partition coefficient (Wildman–Crippen LogP) is 3.02. The number of nitrogens with zero attached hydrogens (tertiary/aromatic N) is 1. The van der Waals surface area contributed by atoms with Crippen molar-refractivity contribution in [3.05, 3.63) is 47.3 Å². The molecule has 2 aromatic rings. The molecule has 0 fully saturated rings. The first-order valence-corrected chi connectivity index (χ1v) is 7.43. The molecule has 5 nitrogen and oxygen atoms in total. The molecule has 0 radical (unpaired) electrons. The Morgan fingerprint density at radius 2 is 1.95 bits per heavy atom. The predicted molar refractivity (Wildman–Crippen MR) is 84.1 cm³/mol. The topological polar surface area (TPSA) is 64.2 Å². The summed E-state index contributed by atoms with van der Waals surface area (Å²) in [7, 11) is 1.65. The van der Waals surface area contributed by atoms with E-state index >= 15 is 0 Å². The first-order valence-electron chi connectivity index (χ1n) is 7.43. The number of hydrogen-bond acceptors (Lipinski definition) is 4. The van der Waals surface area contributed by atoms with E-state index in [1.54, 1.807) is 13.2 Å². The van der Waals surface area contributed by atoms with Gasteiger partial charge in [0.25, 0.3) is 0 Å². The van der Waals surface area contributed by atoms with Crippen LogP contribution in [0, 0.1) is 5.92 Å². The maximum absolute atomic E-state index is 11.8. The Bertz CT molecular complexity index is 603. The molecule has 0 saturated carbocycles. The summed E-state index contributed by atoms with van der Waals surface area (Å²) in [4.78, 5) is 11.8. The lowest BCUT2D eigenvalue weighted by Crippen LogP contribution is -2.10. The molecular weight excluding hydrogens is 280 g/mol. The fourth-order valence-electron chi connectivity index (χ4n) is 1.98. The summed E-state index contributed by atoms with van der Waals surface area (Å²) in [5.41, 5.74) is 2.47. The molecule has 0 spiro atoms. The van der Waals surface area contributed by atoms with Gasteiger partial charge in [-0.25, -0.2) is 4.79 Å². The van der Waals surface area contributed by atoms with E-state index in [9.17, 15) is 4.79 Å². The van der Waals surface area contributed by atoms with E-state index in [0.29, 0.717) is 18.2 Å². The van der Waals surface area contributed by atoms with Gasteiger partial charge in [-0.15, -0.1) is 0 Å². The average molecular weight is 302 g/mol. The molecule has 22 heavy (non-hydrogen) atoms. The lowest BCUT2D eigenvalue weighted by Gasteiger charge is -2.04. The number of carbonyl (C=O) groups is 1. The second kappa shape index (κ2) is 7.64. The van der Waals surface area contributed by atoms with E-state index in [2.05, 4.69) is 10.2 Å². The standard InChI is InChI=1S/C17H22N2O3/c1-12(2)11-22-17(20)16-10-14(18-19-16)7-4-13-5-8-15(21-3)9-6-13/h5-6,8-10,12H,4,7,11H2,1-3H3,(H,18,19). The van der Waals surface area contributed by atoms with E-state index in [0.717, 1.165) is 24.3 Å². The number of H-pyrrole nitrogens is 1. The Kier molecular flexibility index (Phi) is 5.58. The van der Waals surface area contributed by atoms with Gasteiger partial charge in [0, 0.05) is 5.69 Å². The van der Waals surface area contributed by atoms with Crippen molar-refractivity contribution in [2.24, 2.45) is 5.92 Å². The number of nitrogens with one attached hydrogen (secondary N) is 1. The molecule has 0 aliphatic rings. The van der Waals surface area contributed by atoms with Crippen molar-refractivity contribution in [1.29, 1.82) is 0 Å². The second-order valence-corrected chi connectivity index (χ2v) is 5.62. The molecule has 0 saturated heterocycles. The molecule has 1 N–H and O–H groups in total. The van der Waals surface area contributed by atoms with Crippen LogP contribution in [-0.4, -0.2) is 29.9 Å². The summed E-state index contributed by atoms with van der Waals surface area (Å²) in [6, 6.07) is 9.71. The van der Waals surface area contributed by atoms with Gasteiger partial charge in [-0.1, -0.05) is 26.0 Å². The van der Waals surface area contributed by atoms with Crippen LogP contribution in [0.1, 0.15) is 35.6 Å². The Labute approximate surface area is 130 Å². The smallest absolute Gasteiger partial charge is 0.358 e. The highest BCUT2D eigenvalue weighted by Crippen LogP contribution is 2.13. The van der Waals surface area contributed by atoms with Crippen LogP contribution in [0.4, 0.5) is 0 Å². The zero-order chi connectivity index (χ0) is 15.9. The number of methoxy groups -OCH3 is 1. The van der Waals surface area contributed by atoms with Crippen LogP contribution in [0.3, 0.4) is 0 Å². The molecule has 2 rings (SSSR count). The molecule has 1 aromatic carbocycles. The Hall–Kier alpha value is -2.30. The molecule has 0 unspecified atom stereocenters. The third kappa shape index (κ3) is 4.62. The number of benzene rings is 1. The van der Waals surface area contributed by atoms with Gasteiger partial charge in [0.1, 0.15) is 5.75 Å². The number of carbonyl (C=O) groups excluding carboxylic acids is 1. The van der Waals surface area contributed by atoms with Crippen molar-refractivity contribution in [2.75, 3.05) is 13.7 Å². The number of aromatic nitrogens is 2. The van der Waals surface area contributed by atoms with Crippen molar-refractivity contribution in [3.8, 4) is 5.75 Å². The van der Waals surface area contributed by atoms with Gasteiger partial charge in [0.15, 0.2) is 5.69 Å². The van der Waals surface area contributed by atoms with Gasteiger partial charge in [0.05, 0.1) is 13.7 Å². The summed E-state index contributed by atoms with van der Waals surface area (Å²) in [5, 5.41) is 6.91. The highest BCUT2D eigenvalue weighted by atomic mass is 16.5. The fourth-order valence-corrected chi connectivity index (χ4v) is 1.98. The summed E-state index contributed by atoms with van der Waals surface area (Å²) in [5.74, 6) is 0.790. The van der Waals surface area contributed by atoms with Gasteiger partial charge < -0.3 is 9.47 Å². The van der Waals surface area contributed by atoms with Crippen molar-refractivity contribution in [1.82, 2.24) is 10.2 Å². The van der Waals surface area contributed by atoms with Crippen LogP contribution in [0.25, 0.3) is 0 Å². The molecule has 1 aromatic heterocycles. The Balaban J connectivity index is 1.87. The Morgan fingerprint density at radius 1 is 1.23 bits per heavy atom. The zero-order valence-electron chi connectivity index (χ0n) is 13.3. The monoisotopic (exact) mass is 302 g/mol. The molecular formula is C17H22N2O3. The molecule has 118 valence electrons. The van der Waals surface area contributed by atoms with Crippen molar-refractivity contribution in [3.63, 3.8) is 0 Å². The highest BCUT2D eigenvalue weighted by molar-refractivity contribution is 5.87. The normalized spacial score (nSPS) is 10.7. The van der Waals surface area contributed by atoms with Crippen molar-refractivity contribution < 1.29 is 14.3 Å². The largest absolute Gasteiger partial charge is 0.497 e. The number of aryl methyl sites for hydroxylation is 2. The first-order chi connectivity index (χ1) is 10.6. The number of aromatic amines is 1. The van der Waals surface area contributed by atoms with E-state index in [-0.39, 0.29) is 5.97 Å². The summed E-state index contributed by atoms with van der Waals surface area (Å²) >= 11 is 0. The summed E-state index contributed by atoms with van der Waals surface area (Å²) < 4.78 is 10.3. The van der Waals surface area contributed by atoms with Gasteiger partial charge in [-0.3, -0.25) is 5.10 Å². The molecule has 0 amide bonds. The second-order valence-electron chi connectivity index (χ2n) is 5.62. The van der Waals surface area contributed by atoms with Gasteiger partial charge in [0.2, 0.25) is 0 Å². The number of ether oxygens (including phenoxy) is 2. The quantitative estimate of drug-likeness (QED) is 0.799. The highest BCUT2D eigenvalue weighted by Gasteiger charge is 2.12. The molecule has 5 heteroatoms. The fraction of sp³-hybridized carbons (Fsp3) is 0.412. The minimum Gasteiger partial charge on any atom is -0.497 e. The van der Waals surface area contributed by atoms with Gasteiger partial charge in [-0.05, 0) is 42.5 Å². The van der Waals surface area contributed by atoms with E-state index in [1.165, 1.54) is 5.56 Å². The number of esters is 1.